The van der Waals surface area contributed by atoms with Gasteiger partial charge >= 0.3 is 0 Å². The molecule has 0 aliphatic heterocycles. The van der Waals surface area contributed by atoms with E-state index in [1.54, 1.807) is 12.1 Å². The molecule has 0 aliphatic rings. The minimum atomic E-state index is 0.102. The Morgan fingerprint density at radius 1 is 1.35 bits per heavy atom. The van der Waals surface area contributed by atoms with Crippen LogP contribution in [0.1, 0.15) is 12.5 Å². The van der Waals surface area contributed by atoms with Crippen molar-refractivity contribution in [1.82, 2.24) is 9.55 Å². The summed E-state index contributed by atoms with van der Waals surface area (Å²) >= 11 is 5.87. The van der Waals surface area contributed by atoms with E-state index in [0.717, 1.165) is 11.0 Å². The van der Waals surface area contributed by atoms with E-state index in [0.29, 0.717) is 28.8 Å². The second-order valence-corrected chi connectivity index (χ2v) is 5.59. The fourth-order valence-corrected chi connectivity index (χ4v) is 2.64. The van der Waals surface area contributed by atoms with Gasteiger partial charge in [-0.25, -0.2) is 9.98 Å². The normalized spacial score (nSPS) is 11.8. The van der Waals surface area contributed by atoms with E-state index in [2.05, 4.69) is 16.6 Å². The van der Waals surface area contributed by atoms with Gasteiger partial charge in [0.05, 0.1) is 16.7 Å². The number of phenols is 1. The number of benzene rings is 2. The highest BCUT2D eigenvalue weighted by Gasteiger charge is 2.11. The van der Waals surface area contributed by atoms with Gasteiger partial charge in [0.1, 0.15) is 5.75 Å². The van der Waals surface area contributed by atoms with Crippen molar-refractivity contribution in [3.63, 3.8) is 0 Å². The van der Waals surface area contributed by atoms with Crippen molar-refractivity contribution in [3.8, 4) is 5.75 Å². The van der Waals surface area contributed by atoms with Crippen molar-refractivity contribution in [3.05, 3.63) is 65.7 Å². The standard InChI is InChI=1S/C18H16ClN3O/c1-3-10-22-16-7-5-4-6-15(16)21-18(22)20-12(2)14-9-8-13(19)11-17(14)23/h3-9,11,23H,1,10H2,2H3/b20-12+. The Hall–Kier alpha value is -2.59. The van der Waals surface area contributed by atoms with Gasteiger partial charge in [0.2, 0.25) is 5.95 Å². The fourth-order valence-electron chi connectivity index (χ4n) is 2.48. The van der Waals surface area contributed by atoms with Crippen LogP contribution in [0.4, 0.5) is 5.95 Å². The van der Waals surface area contributed by atoms with Crippen LogP contribution in [0, 0.1) is 0 Å². The molecule has 0 fully saturated rings. The van der Waals surface area contributed by atoms with E-state index in [9.17, 15) is 5.11 Å². The largest absolute Gasteiger partial charge is 0.507 e. The maximum atomic E-state index is 10.0. The summed E-state index contributed by atoms with van der Waals surface area (Å²) in [6, 6.07) is 12.8. The minimum Gasteiger partial charge on any atom is -0.507 e. The van der Waals surface area contributed by atoms with Gasteiger partial charge in [-0.1, -0.05) is 29.8 Å². The van der Waals surface area contributed by atoms with Gasteiger partial charge in [0.15, 0.2) is 0 Å². The van der Waals surface area contributed by atoms with Crippen LogP contribution >= 0.6 is 11.6 Å². The van der Waals surface area contributed by atoms with Crippen LogP contribution < -0.4 is 0 Å². The first-order valence-corrected chi connectivity index (χ1v) is 7.58. The number of hydrogen-bond donors (Lipinski definition) is 1. The number of nitrogens with zero attached hydrogens (tertiary/aromatic N) is 3. The number of fused-ring (bicyclic) bond motifs is 1. The molecule has 0 amide bonds. The molecule has 0 radical (unpaired) electrons. The Morgan fingerprint density at radius 3 is 2.87 bits per heavy atom. The minimum absolute atomic E-state index is 0.102. The maximum absolute atomic E-state index is 10.0. The summed E-state index contributed by atoms with van der Waals surface area (Å²) in [4.78, 5) is 9.16. The first kappa shape index (κ1) is 15.3. The van der Waals surface area contributed by atoms with Crippen LogP contribution in [0.25, 0.3) is 11.0 Å². The van der Waals surface area contributed by atoms with Crippen LogP contribution in [0.15, 0.2) is 60.1 Å². The zero-order valence-corrected chi connectivity index (χ0v) is 13.5. The summed E-state index contributed by atoms with van der Waals surface area (Å²) in [5.41, 5.74) is 3.17. The average molecular weight is 326 g/mol. The number of allylic oxidation sites excluding steroid dienone is 1. The quantitative estimate of drug-likeness (QED) is 0.557. The van der Waals surface area contributed by atoms with E-state index in [1.807, 2.05) is 41.8 Å². The third-order valence-corrected chi connectivity index (χ3v) is 3.80. The SMILES string of the molecule is C=CCn1c(/N=C(\C)c2ccc(Cl)cc2O)nc2ccccc21. The van der Waals surface area contributed by atoms with E-state index in [4.69, 9.17) is 11.6 Å². The number of rotatable bonds is 4. The molecular formula is C18H16ClN3O. The van der Waals surface area contributed by atoms with Gasteiger partial charge in [0, 0.05) is 17.1 Å². The topological polar surface area (TPSA) is 50.4 Å². The Bertz CT molecular complexity index is 912. The van der Waals surface area contributed by atoms with Gasteiger partial charge in [0.25, 0.3) is 0 Å². The molecule has 0 bridgehead atoms. The third kappa shape index (κ3) is 2.98. The monoisotopic (exact) mass is 325 g/mol. The average Bonchev–Trinajstić information content (AvgIpc) is 2.85. The third-order valence-electron chi connectivity index (χ3n) is 3.56. The van der Waals surface area contributed by atoms with Crippen LogP contribution in [-0.2, 0) is 6.54 Å². The van der Waals surface area contributed by atoms with Crippen LogP contribution in [0.2, 0.25) is 5.02 Å². The number of para-hydroxylation sites is 2. The van der Waals surface area contributed by atoms with E-state index in [-0.39, 0.29) is 5.75 Å². The van der Waals surface area contributed by atoms with Gasteiger partial charge in [-0.05, 0) is 37.3 Å². The molecule has 0 saturated carbocycles. The van der Waals surface area contributed by atoms with Crippen molar-refractivity contribution in [2.24, 2.45) is 4.99 Å². The van der Waals surface area contributed by atoms with Gasteiger partial charge in [-0.2, -0.15) is 0 Å². The van der Waals surface area contributed by atoms with Crippen LogP contribution in [0.5, 0.6) is 5.75 Å². The molecule has 4 nitrogen and oxygen atoms in total. The molecule has 23 heavy (non-hydrogen) atoms. The molecular weight excluding hydrogens is 310 g/mol. The highest BCUT2D eigenvalue weighted by Crippen LogP contribution is 2.26. The molecule has 0 unspecified atom stereocenters. The number of halogens is 1. The lowest BCUT2D eigenvalue weighted by Crippen LogP contribution is -1.99. The summed E-state index contributed by atoms with van der Waals surface area (Å²) in [6.07, 6.45) is 1.81. The molecule has 1 heterocycles. The summed E-state index contributed by atoms with van der Waals surface area (Å²) < 4.78 is 1.98. The van der Waals surface area contributed by atoms with Gasteiger partial charge in [-0.3, -0.25) is 0 Å². The van der Waals surface area contributed by atoms with Gasteiger partial charge < -0.3 is 9.67 Å². The number of imidazole rings is 1. The molecule has 1 N–H and O–H groups in total. The van der Waals surface area contributed by atoms with Crippen LogP contribution in [0.3, 0.4) is 0 Å². The molecule has 2 aromatic carbocycles. The van der Waals surface area contributed by atoms with Gasteiger partial charge in [-0.15, -0.1) is 6.58 Å². The van der Waals surface area contributed by atoms with Crippen molar-refractivity contribution >= 4 is 34.3 Å². The summed E-state index contributed by atoms with van der Waals surface area (Å²) in [7, 11) is 0. The molecule has 5 heteroatoms. The number of aromatic nitrogens is 2. The first-order valence-electron chi connectivity index (χ1n) is 7.20. The zero-order chi connectivity index (χ0) is 16.4. The Kier molecular flexibility index (Phi) is 4.17. The summed E-state index contributed by atoms with van der Waals surface area (Å²) in [5.74, 6) is 0.683. The summed E-state index contributed by atoms with van der Waals surface area (Å²) in [6.45, 7) is 6.24. The van der Waals surface area contributed by atoms with Crippen LogP contribution in [-0.4, -0.2) is 20.4 Å². The van der Waals surface area contributed by atoms with E-state index < -0.39 is 0 Å². The second-order valence-electron chi connectivity index (χ2n) is 5.16. The van der Waals surface area contributed by atoms with Crippen molar-refractivity contribution < 1.29 is 5.11 Å². The highest BCUT2D eigenvalue weighted by molar-refractivity contribution is 6.30. The lowest BCUT2D eigenvalue weighted by molar-refractivity contribution is 0.474. The maximum Gasteiger partial charge on any atom is 0.231 e. The molecule has 0 aliphatic carbocycles. The van der Waals surface area contributed by atoms with E-state index in [1.165, 1.54) is 6.07 Å². The number of hydrogen-bond acceptors (Lipinski definition) is 3. The molecule has 3 aromatic rings. The second kappa shape index (κ2) is 6.26. The molecule has 116 valence electrons. The predicted octanol–water partition coefficient (Wildman–Crippen LogP) is 4.72. The van der Waals surface area contributed by atoms with Crippen molar-refractivity contribution in [2.45, 2.75) is 13.5 Å². The number of aliphatic imine (C=N–C) groups is 1. The molecule has 3 rings (SSSR count). The number of phenolic OH excluding ortho intramolecular Hbond substituents is 1. The Labute approximate surface area is 139 Å². The van der Waals surface area contributed by atoms with E-state index >= 15 is 0 Å². The molecule has 0 spiro atoms. The zero-order valence-electron chi connectivity index (χ0n) is 12.7. The molecule has 1 aromatic heterocycles. The summed E-state index contributed by atoms with van der Waals surface area (Å²) in [5, 5.41) is 10.5. The van der Waals surface area contributed by atoms with Crippen molar-refractivity contribution in [2.75, 3.05) is 0 Å². The Morgan fingerprint density at radius 2 is 2.13 bits per heavy atom. The fraction of sp³-hybridized carbons (Fsp3) is 0.111. The number of aromatic hydroxyl groups is 1. The molecule has 0 atom stereocenters. The first-order chi connectivity index (χ1) is 11.1. The smallest absolute Gasteiger partial charge is 0.231 e. The molecule has 0 saturated heterocycles. The lowest BCUT2D eigenvalue weighted by Gasteiger charge is -2.06. The Balaban J connectivity index is 2.12. The predicted molar refractivity (Wildman–Crippen MR) is 94.9 cm³/mol. The lowest BCUT2D eigenvalue weighted by atomic mass is 10.1. The highest BCUT2D eigenvalue weighted by atomic mass is 35.5. The van der Waals surface area contributed by atoms with Crippen molar-refractivity contribution in [1.29, 1.82) is 0 Å².